The summed E-state index contributed by atoms with van der Waals surface area (Å²) in [6.07, 6.45) is 5.28. The molecule has 3 aromatic rings. The van der Waals surface area contributed by atoms with Gasteiger partial charge in [-0.15, -0.1) is 16.4 Å². The summed E-state index contributed by atoms with van der Waals surface area (Å²) < 4.78 is 6.95. The van der Waals surface area contributed by atoms with Crippen LogP contribution in [0.25, 0.3) is 5.69 Å². The van der Waals surface area contributed by atoms with Gasteiger partial charge >= 0.3 is 0 Å². The highest BCUT2D eigenvalue weighted by Crippen LogP contribution is 2.37. The molecule has 0 saturated carbocycles. The van der Waals surface area contributed by atoms with E-state index in [4.69, 9.17) is 4.74 Å². The topological polar surface area (TPSA) is 106 Å². The summed E-state index contributed by atoms with van der Waals surface area (Å²) in [5.41, 5.74) is 2.42. The van der Waals surface area contributed by atoms with Crippen LogP contribution >= 0.6 is 23.1 Å². The molecule has 0 unspecified atom stereocenters. The number of ether oxygens (including phenoxy) is 1. The van der Waals surface area contributed by atoms with Gasteiger partial charge in [-0.2, -0.15) is 9.94 Å². The molecule has 1 N–H and O–H groups in total. The molecule has 1 atom stereocenters. The lowest BCUT2D eigenvalue weighted by Gasteiger charge is -2.12. The molecule has 0 fully saturated rings. The monoisotopic (exact) mass is 454 g/mol. The van der Waals surface area contributed by atoms with Crippen molar-refractivity contribution >= 4 is 34.0 Å². The van der Waals surface area contributed by atoms with Gasteiger partial charge in [0, 0.05) is 4.88 Å². The van der Waals surface area contributed by atoms with Crippen LogP contribution in [0, 0.1) is 11.3 Å². The molecule has 0 bridgehead atoms. The van der Waals surface area contributed by atoms with Crippen molar-refractivity contribution in [2.75, 3.05) is 12.4 Å². The number of anilines is 1. The molecule has 2 aromatic heterocycles. The Bertz CT molecular complexity index is 1130. The maximum absolute atomic E-state index is 12.9. The zero-order chi connectivity index (χ0) is 21.8. The van der Waals surface area contributed by atoms with Crippen LogP contribution < -0.4 is 10.1 Å². The fourth-order valence-corrected chi connectivity index (χ4v) is 5.63. The molecule has 1 aliphatic carbocycles. The number of tetrazole rings is 1. The molecule has 0 radical (unpaired) electrons. The van der Waals surface area contributed by atoms with Crippen LogP contribution in [-0.2, 0) is 17.6 Å². The number of hydrogen-bond acceptors (Lipinski definition) is 8. The molecule has 8 nitrogen and oxygen atoms in total. The largest absolute Gasteiger partial charge is 0.494 e. The first kappa shape index (κ1) is 21.3. The van der Waals surface area contributed by atoms with Crippen molar-refractivity contribution in [2.24, 2.45) is 0 Å². The number of hydrogen-bond donors (Lipinski definition) is 1. The van der Waals surface area contributed by atoms with Crippen LogP contribution in [0.15, 0.2) is 29.4 Å². The Labute approximate surface area is 188 Å². The summed E-state index contributed by atoms with van der Waals surface area (Å²) in [7, 11) is 1.58. The second-order valence-corrected chi connectivity index (χ2v) is 9.59. The van der Waals surface area contributed by atoms with E-state index >= 15 is 0 Å². The first-order chi connectivity index (χ1) is 15.1. The van der Waals surface area contributed by atoms with Crippen molar-refractivity contribution in [3.63, 3.8) is 0 Å². The summed E-state index contributed by atoms with van der Waals surface area (Å²) in [4.78, 5) is 14.1. The number of carbonyl (C=O) groups excluding carboxylic acids is 1. The van der Waals surface area contributed by atoms with E-state index in [1.54, 1.807) is 18.7 Å². The van der Waals surface area contributed by atoms with E-state index < -0.39 is 5.25 Å². The van der Waals surface area contributed by atoms with Gasteiger partial charge in [0.1, 0.15) is 22.5 Å². The number of thiophene rings is 1. The molecule has 1 aliphatic rings. The lowest BCUT2D eigenvalue weighted by Crippen LogP contribution is -2.23. The fraction of sp³-hybridized carbons (Fsp3) is 0.381. The van der Waals surface area contributed by atoms with E-state index in [2.05, 4.69) is 26.9 Å². The van der Waals surface area contributed by atoms with Crippen LogP contribution in [0.1, 0.15) is 42.2 Å². The van der Waals surface area contributed by atoms with Gasteiger partial charge in [0.05, 0.1) is 17.9 Å². The number of fused-ring (bicyclic) bond motifs is 1. The highest BCUT2D eigenvalue weighted by molar-refractivity contribution is 8.00. The number of nitrogens with one attached hydrogen (secondary N) is 1. The second-order valence-electron chi connectivity index (χ2n) is 7.17. The number of amides is 1. The highest BCUT2D eigenvalue weighted by Gasteiger charge is 2.25. The van der Waals surface area contributed by atoms with E-state index in [1.807, 2.05) is 24.3 Å². The Kier molecular flexibility index (Phi) is 6.53. The molecule has 2 heterocycles. The summed E-state index contributed by atoms with van der Waals surface area (Å²) in [6.45, 7) is 1.80. The van der Waals surface area contributed by atoms with E-state index in [0.717, 1.165) is 31.2 Å². The Morgan fingerprint density at radius 3 is 2.94 bits per heavy atom. The molecular weight excluding hydrogens is 432 g/mol. The quantitative estimate of drug-likeness (QED) is 0.443. The van der Waals surface area contributed by atoms with Crippen LogP contribution in [0.5, 0.6) is 5.75 Å². The van der Waals surface area contributed by atoms with Gasteiger partial charge in [0.25, 0.3) is 0 Å². The first-order valence-electron chi connectivity index (χ1n) is 10.1. The smallest absolute Gasteiger partial charge is 0.238 e. The van der Waals surface area contributed by atoms with E-state index in [1.165, 1.54) is 34.4 Å². The highest BCUT2D eigenvalue weighted by atomic mass is 32.2. The van der Waals surface area contributed by atoms with Crippen molar-refractivity contribution in [1.82, 2.24) is 20.2 Å². The minimum atomic E-state index is -0.465. The van der Waals surface area contributed by atoms with E-state index in [9.17, 15) is 10.1 Å². The predicted octanol–water partition coefficient (Wildman–Crippen LogP) is 3.99. The Hall–Kier alpha value is -2.90. The standard InChI is InChI=1S/C21H22N6O2S2/c1-13(30-21-24-25-26-27(21)16-9-6-7-10-17(16)29-2)19(28)23-20-15(12-22)14-8-4-3-5-11-18(14)31-20/h6-7,9-10,13H,3-5,8,11H2,1-2H3,(H,23,28)/t13-/m0/s1. The number of para-hydroxylation sites is 2. The Morgan fingerprint density at radius 2 is 2.13 bits per heavy atom. The Balaban J connectivity index is 1.51. The van der Waals surface area contributed by atoms with Crippen molar-refractivity contribution in [3.05, 3.63) is 40.3 Å². The van der Waals surface area contributed by atoms with Gasteiger partial charge < -0.3 is 10.1 Å². The van der Waals surface area contributed by atoms with Gasteiger partial charge in [-0.3, -0.25) is 4.79 Å². The second kappa shape index (κ2) is 9.49. The first-order valence-corrected chi connectivity index (χ1v) is 11.8. The van der Waals surface area contributed by atoms with Gasteiger partial charge in [0.15, 0.2) is 0 Å². The zero-order valence-corrected chi connectivity index (χ0v) is 18.9. The van der Waals surface area contributed by atoms with Gasteiger partial charge in [-0.25, -0.2) is 0 Å². The number of aromatic nitrogens is 4. The lowest BCUT2D eigenvalue weighted by atomic mass is 10.1. The maximum atomic E-state index is 12.9. The van der Waals surface area contributed by atoms with Crippen molar-refractivity contribution < 1.29 is 9.53 Å². The summed E-state index contributed by atoms with van der Waals surface area (Å²) >= 11 is 2.78. The number of rotatable bonds is 6. The number of nitriles is 1. The van der Waals surface area contributed by atoms with Crippen LogP contribution in [0.2, 0.25) is 0 Å². The number of nitrogens with zero attached hydrogens (tertiary/aromatic N) is 5. The third-order valence-electron chi connectivity index (χ3n) is 5.18. The van der Waals surface area contributed by atoms with E-state index in [-0.39, 0.29) is 5.91 Å². The molecule has 4 rings (SSSR count). The van der Waals surface area contributed by atoms with Crippen molar-refractivity contribution in [3.8, 4) is 17.5 Å². The predicted molar refractivity (Wildman–Crippen MR) is 120 cm³/mol. The number of thioether (sulfide) groups is 1. The summed E-state index contributed by atoms with van der Waals surface area (Å²) in [6, 6.07) is 9.71. The molecule has 0 saturated heterocycles. The molecule has 0 spiro atoms. The van der Waals surface area contributed by atoms with Crippen molar-refractivity contribution in [2.45, 2.75) is 49.4 Å². The molecule has 0 aliphatic heterocycles. The van der Waals surface area contributed by atoms with Crippen LogP contribution in [0.4, 0.5) is 5.00 Å². The molecule has 1 aromatic carbocycles. The summed E-state index contributed by atoms with van der Waals surface area (Å²) in [5, 5.41) is 25.2. The third kappa shape index (κ3) is 4.43. The van der Waals surface area contributed by atoms with Crippen LogP contribution in [-0.4, -0.2) is 38.5 Å². The van der Waals surface area contributed by atoms with Crippen molar-refractivity contribution in [1.29, 1.82) is 5.26 Å². The maximum Gasteiger partial charge on any atom is 0.238 e. The molecule has 10 heteroatoms. The average molecular weight is 455 g/mol. The molecule has 31 heavy (non-hydrogen) atoms. The molecule has 1 amide bonds. The zero-order valence-electron chi connectivity index (χ0n) is 17.3. The number of methoxy groups -OCH3 is 1. The average Bonchev–Trinajstić information content (AvgIpc) is 3.30. The van der Waals surface area contributed by atoms with Gasteiger partial charge in [0.2, 0.25) is 11.1 Å². The van der Waals surface area contributed by atoms with Gasteiger partial charge in [-0.05, 0) is 60.7 Å². The SMILES string of the molecule is COc1ccccc1-n1nnnc1S[C@@H](C)C(=O)Nc1sc2c(c1C#N)CCCCC2. The fourth-order valence-electron chi connectivity index (χ4n) is 3.58. The van der Waals surface area contributed by atoms with Gasteiger partial charge in [-0.1, -0.05) is 30.3 Å². The number of carbonyl (C=O) groups is 1. The molecular formula is C21H22N6O2S2. The number of benzene rings is 1. The normalized spacial score (nSPS) is 14.2. The van der Waals surface area contributed by atoms with Crippen LogP contribution in [0.3, 0.4) is 0 Å². The summed E-state index contributed by atoms with van der Waals surface area (Å²) in [5.74, 6) is 0.444. The van der Waals surface area contributed by atoms with E-state index in [0.29, 0.717) is 27.2 Å². The Morgan fingerprint density at radius 1 is 1.32 bits per heavy atom. The number of aryl methyl sites for hydroxylation is 1. The minimum absolute atomic E-state index is 0.188. The molecule has 160 valence electrons. The lowest BCUT2D eigenvalue weighted by molar-refractivity contribution is -0.115. The minimum Gasteiger partial charge on any atom is -0.494 e. The third-order valence-corrected chi connectivity index (χ3v) is 7.42.